The standard InChI is InChI=1S/C12H18N4O2/c17-11(14-9-3-1-6-18-8-9)10-7-16-5-2-4-13-12(16)15-10/h7,9H,1-6,8H2,(H,13,15)(H,14,17). The molecular formula is C12H18N4O2. The van der Waals surface area contributed by atoms with E-state index in [1.165, 1.54) is 0 Å². The molecule has 3 heterocycles. The number of nitrogens with one attached hydrogen (secondary N) is 2. The van der Waals surface area contributed by atoms with Gasteiger partial charge in [0, 0.05) is 25.9 Å². The molecule has 0 aromatic carbocycles. The summed E-state index contributed by atoms with van der Waals surface area (Å²) in [5.41, 5.74) is 0.491. The highest BCUT2D eigenvalue weighted by Gasteiger charge is 2.20. The third kappa shape index (κ3) is 2.33. The Hall–Kier alpha value is -1.56. The van der Waals surface area contributed by atoms with Crippen LogP contribution in [0.15, 0.2) is 6.20 Å². The second kappa shape index (κ2) is 4.97. The van der Waals surface area contributed by atoms with E-state index in [2.05, 4.69) is 15.6 Å². The minimum absolute atomic E-state index is 0.103. The van der Waals surface area contributed by atoms with Gasteiger partial charge >= 0.3 is 0 Å². The topological polar surface area (TPSA) is 68.2 Å². The maximum absolute atomic E-state index is 12.1. The van der Waals surface area contributed by atoms with Crippen LogP contribution in [0.25, 0.3) is 0 Å². The van der Waals surface area contributed by atoms with Crippen LogP contribution in [0.3, 0.4) is 0 Å². The Kier molecular flexibility index (Phi) is 3.19. The van der Waals surface area contributed by atoms with Crippen molar-refractivity contribution in [2.24, 2.45) is 0 Å². The predicted octanol–water partition coefficient (Wildman–Crippen LogP) is 0.607. The third-order valence-corrected chi connectivity index (χ3v) is 3.36. The Morgan fingerprint density at radius 2 is 2.50 bits per heavy atom. The third-order valence-electron chi connectivity index (χ3n) is 3.36. The highest BCUT2D eigenvalue weighted by Crippen LogP contribution is 2.14. The van der Waals surface area contributed by atoms with Crippen molar-refractivity contribution in [1.29, 1.82) is 0 Å². The number of carbonyl (C=O) groups excluding carboxylic acids is 1. The van der Waals surface area contributed by atoms with Crippen LogP contribution in [0.2, 0.25) is 0 Å². The molecule has 0 spiro atoms. The lowest BCUT2D eigenvalue weighted by Crippen LogP contribution is -2.40. The van der Waals surface area contributed by atoms with Crippen LogP contribution >= 0.6 is 0 Å². The minimum Gasteiger partial charge on any atom is -0.379 e. The van der Waals surface area contributed by atoms with Crippen molar-refractivity contribution in [3.05, 3.63) is 11.9 Å². The molecule has 2 aliphatic heterocycles. The molecule has 0 radical (unpaired) electrons. The molecule has 1 saturated heterocycles. The van der Waals surface area contributed by atoms with Gasteiger partial charge in [0.25, 0.3) is 5.91 Å². The molecule has 0 bridgehead atoms. The van der Waals surface area contributed by atoms with Gasteiger partial charge < -0.3 is 19.9 Å². The van der Waals surface area contributed by atoms with Crippen molar-refractivity contribution < 1.29 is 9.53 Å². The van der Waals surface area contributed by atoms with Gasteiger partial charge in [0.2, 0.25) is 5.95 Å². The zero-order valence-corrected chi connectivity index (χ0v) is 10.3. The largest absolute Gasteiger partial charge is 0.379 e. The number of fused-ring (bicyclic) bond motifs is 1. The van der Waals surface area contributed by atoms with E-state index >= 15 is 0 Å². The van der Waals surface area contributed by atoms with Crippen molar-refractivity contribution >= 4 is 11.9 Å². The van der Waals surface area contributed by atoms with Gasteiger partial charge in [-0.3, -0.25) is 4.79 Å². The lowest BCUT2D eigenvalue weighted by atomic mass is 10.1. The molecule has 0 saturated carbocycles. The quantitative estimate of drug-likeness (QED) is 0.807. The van der Waals surface area contributed by atoms with Crippen LogP contribution < -0.4 is 10.6 Å². The number of rotatable bonds is 2. The van der Waals surface area contributed by atoms with E-state index in [0.29, 0.717) is 12.3 Å². The maximum atomic E-state index is 12.1. The predicted molar refractivity (Wildman–Crippen MR) is 66.6 cm³/mol. The van der Waals surface area contributed by atoms with E-state index in [1.807, 2.05) is 10.8 Å². The molecule has 18 heavy (non-hydrogen) atoms. The fraction of sp³-hybridized carbons (Fsp3) is 0.667. The number of amides is 1. The summed E-state index contributed by atoms with van der Waals surface area (Å²) in [7, 11) is 0. The van der Waals surface area contributed by atoms with Crippen LogP contribution in [0.1, 0.15) is 29.8 Å². The summed E-state index contributed by atoms with van der Waals surface area (Å²) < 4.78 is 7.34. The van der Waals surface area contributed by atoms with E-state index in [1.54, 1.807) is 0 Å². The summed E-state index contributed by atoms with van der Waals surface area (Å²) in [6, 6.07) is 0.123. The molecule has 1 unspecified atom stereocenters. The molecule has 98 valence electrons. The molecule has 2 N–H and O–H groups in total. The second-order valence-electron chi connectivity index (χ2n) is 4.81. The number of anilines is 1. The number of nitrogens with zero attached hydrogens (tertiary/aromatic N) is 2. The Morgan fingerprint density at radius 1 is 1.56 bits per heavy atom. The first-order valence-electron chi connectivity index (χ1n) is 6.52. The Labute approximate surface area is 106 Å². The number of imidazole rings is 1. The minimum atomic E-state index is -0.103. The number of ether oxygens (including phenoxy) is 1. The molecule has 2 aliphatic rings. The van der Waals surface area contributed by atoms with Crippen molar-refractivity contribution in [3.8, 4) is 0 Å². The van der Waals surface area contributed by atoms with Crippen LogP contribution in [0.4, 0.5) is 5.95 Å². The number of hydrogen-bond donors (Lipinski definition) is 2. The molecule has 1 amide bonds. The monoisotopic (exact) mass is 250 g/mol. The zero-order valence-electron chi connectivity index (χ0n) is 10.3. The SMILES string of the molecule is O=C(NC1CCCOC1)c1cn2c(n1)NCCC2. The normalized spacial score (nSPS) is 23.0. The highest BCUT2D eigenvalue weighted by atomic mass is 16.5. The average Bonchev–Trinajstić information content (AvgIpc) is 2.84. The molecule has 1 fully saturated rings. The summed E-state index contributed by atoms with van der Waals surface area (Å²) in [6.45, 7) is 3.26. The first kappa shape index (κ1) is 11.5. The summed E-state index contributed by atoms with van der Waals surface area (Å²) in [5, 5.41) is 6.17. The molecule has 0 aliphatic carbocycles. The van der Waals surface area contributed by atoms with E-state index in [-0.39, 0.29) is 11.9 Å². The highest BCUT2D eigenvalue weighted by molar-refractivity contribution is 5.92. The molecule has 1 atom stereocenters. The number of carbonyl (C=O) groups is 1. The summed E-state index contributed by atoms with van der Waals surface area (Å²) in [6.07, 6.45) is 4.88. The van der Waals surface area contributed by atoms with Gasteiger partial charge in [0.1, 0.15) is 5.69 Å². The molecule has 3 rings (SSSR count). The van der Waals surface area contributed by atoms with Gasteiger partial charge in [-0.15, -0.1) is 0 Å². The molecule has 1 aromatic rings. The fourth-order valence-electron chi connectivity index (χ4n) is 2.40. The van der Waals surface area contributed by atoms with Gasteiger partial charge in [0.15, 0.2) is 0 Å². The van der Waals surface area contributed by atoms with Crippen molar-refractivity contribution in [3.63, 3.8) is 0 Å². The number of aromatic nitrogens is 2. The average molecular weight is 250 g/mol. The van der Waals surface area contributed by atoms with Crippen LogP contribution in [0.5, 0.6) is 0 Å². The van der Waals surface area contributed by atoms with E-state index in [9.17, 15) is 4.79 Å². The van der Waals surface area contributed by atoms with Gasteiger partial charge in [0.05, 0.1) is 12.6 Å². The van der Waals surface area contributed by atoms with Gasteiger partial charge in [-0.1, -0.05) is 0 Å². The lowest BCUT2D eigenvalue weighted by Gasteiger charge is -2.22. The van der Waals surface area contributed by atoms with Crippen LogP contribution in [-0.4, -0.2) is 41.3 Å². The number of hydrogen-bond acceptors (Lipinski definition) is 4. The Balaban J connectivity index is 1.66. The molecule has 6 nitrogen and oxygen atoms in total. The first-order valence-corrected chi connectivity index (χ1v) is 6.52. The maximum Gasteiger partial charge on any atom is 0.271 e. The van der Waals surface area contributed by atoms with Gasteiger partial charge in [-0.2, -0.15) is 0 Å². The van der Waals surface area contributed by atoms with E-state index in [0.717, 1.165) is 44.9 Å². The van der Waals surface area contributed by atoms with Gasteiger partial charge in [-0.25, -0.2) is 4.98 Å². The molecular weight excluding hydrogens is 232 g/mol. The summed E-state index contributed by atoms with van der Waals surface area (Å²) in [5.74, 6) is 0.695. The van der Waals surface area contributed by atoms with Crippen molar-refractivity contribution in [2.45, 2.75) is 31.8 Å². The zero-order chi connectivity index (χ0) is 12.4. The Morgan fingerprint density at radius 3 is 3.28 bits per heavy atom. The first-order chi connectivity index (χ1) is 8.83. The van der Waals surface area contributed by atoms with E-state index < -0.39 is 0 Å². The molecule has 6 heteroatoms. The van der Waals surface area contributed by atoms with Crippen LogP contribution in [0, 0.1) is 0 Å². The molecule has 1 aromatic heterocycles. The Bertz CT molecular complexity index is 414. The second-order valence-corrected chi connectivity index (χ2v) is 4.81. The lowest BCUT2D eigenvalue weighted by molar-refractivity contribution is 0.0622. The smallest absolute Gasteiger partial charge is 0.271 e. The fourth-order valence-corrected chi connectivity index (χ4v) is 2.40. The van der Waals surface area contributed by atoms with E-state index in [4.69, 9.17) is 4.74 Å². The summed E-state index contributed by atoms with van der Waals surface area (Å²) >= 11 is 0. The van der Waals surface area contributed by atoms with Crippen LogP contribution in [-0.2, 0) is 11.3 Å². The number of aryl methyl sites for hydroxylation is 1. The van der Waals surface area contributed by atoms with Gasteiger partial charge in [-0.05, 0) is 19.3 Å². The van der Waals surface area contributed by atoms with Crippen molar-refractivity contribution in [1.82, 2.24) is 14.9 Å². The van der Waals surface area contributed by atoms with Crippen molar-refractivity contribution in [2.75, 3.05) is 25.1 Å². The summed E-state index contributed by atoms with van der Waals surface area (Å²) in [4.78, 5) is 16.4.